The molecule has 0 fully saturated rings. The summed E-state index contributed by atoms with van der Waals surface area (Å²) in [6.07, 6.45) is 1.000. The summed E-state index contributed by atoms with van der Waals surface area (Å²) in [6, 6.07) is 6.64. The summed E-state index contributed by atoms with van der Waals surface area (Å²) in [4.78, 5) is 8.73. The number of halogens is 1. The number of nitrogens with zero attached hydrogens (tertiary/aromatic N) is 3. The van der Waals surface area contributed by atoms with Crippen molar-refractivity contribution in [2.45, 2.75) is 51.5 Å². The van der Waals surface area contributed by atoms with Crippen LogP contribution < -0.4 is 5.32 Å². The van der Waals surface area contributed by atoms with Crippen molar-refractivity contribution in [1.82, 2.24) is 14.5 Å². The molecule has 0 spiro atoms. The number of nitrogens with one attached hydrogen (secondary N) is 1. The quantitative estimate of drug-likeness (QED) is 0.232. The average molecular weight is 453 g/mol. The van der Waals surface area contributed by atoms with Gasteiger partial charge in [0.25, 0.3) is 0 Å². The zero-order valence-electron chi connectivity index (χ0n) is 17.6. The van der Waals surface area contributed by atoms with Crippen LogP contribution in [0.15, 0.2) is 28.9 Å². The fourth-order valence-corrected chi connectivity index (χ4v) is 3.94. The molecule has 3 aromatic heterocycles. The van der Waals surface area contributed by atoms with E-state index in [2.05, 4.69) is 34.9 Å². The molecule has 3 N–H and O–H groups in total. The van der Waals surface area contributed by atoms with Crippen LogP contribution in [0.2, 0.25) is 31.0 Å². The van der Waals surface area contributed by atoms with Crippen molar-refractivity contribution in [3.05, 3.63) is 41.2 Å². The number of hydrogen-bond acceptors (Lipinski definition) is 7. The molecular weight excluding hydrogens is 424 g/mol. The maximum Gasteiger partial charge on any atom is 0.226 e. The number of aliphatic hydroxyl groups is 2. The van der Waals surface area contributed by atoms with E-state index in [0.29, 0.717) is 24.6 Å². The molecule has 0 aromatic carbocycles. The lowest BCUT2D eigenvalue weighted by Gasteiger charge is -2.17. The summed E-state index contributed by atoms with van der Waals surface area (Å²) in [6.45, 7) is 7.96. The number of aliphatic hydroxyl groups excluding tert-OH is 2. The van der Waals surface area contributed by atoms with Gasteiger partial charge in [-0.2, -0.15) is 4.98 Å². The smallest absolute Gasteiger partial charge is 0.226 e. The minimum Gasteiger partial charge on any atom is -0.467 e. The number of fused-ring (bicyclic) bond motifs is 1. The molecule has 3 rings (SSSR count). The van der Waals surface area contributed by atoms with Crippen LogP contribution in [0.25, 0.3) is 11.0 Å². The first-order chi connectivity index (χ1) is 14.3. The third-order valence-corrected chi connectivity index (χ3v) is 6.57. The van der Waals surface area contributed by atoms with Crippen molar-refractivity contribution in [3.63, 3.8) is 0 Å². The van der Waals surface area contributed by atoms with Gasteiger partial charge in [0.1, 0.15) is 24.0 Å². The molecule has 0 amide bonds. The second-order valence-electron chi connectivity index (χ2n) is 8.46. The highest BCUT2D eigenvalue weighted by atomic mass is 35.5. The van der Waals surface area contributed by atoms with E-state index in [-0.39, 0.29) is 25.0 Å². The zero-order chi connectivity index (χ0) is 21.7. The van der Waals surface area contributed by atoms with Crippen molar-refractivity contribution in [1.29, 1.82) is 0 Å². The summed E-state index contributed by atoms with van der Waals surface area (Å²) in [5.74, 6) is 1.34. The third kappa shape index (κ3) is 6.05. The van der Waals surface area contributed by atoms with Crippen LogP contribution in [0.5, 0.6) is 0 Å². The molecule has 164 valence electrons. The van der Waals surface area contributed by atoms with Gasteiger partial charge in [-0.3, -0.25) is 0 Å². The summed E-state index contributed by atoms with van der Waals surface area (Å²) < 4.78 is 13.2. The van der Waals surface area contributed by atoms with Crippen molar-refractivity contribution in [2.75, 3.05) is 18.5 Å². The second-order valence-corrected chi connectivity index (χ2v) is 14.4. The van der Waals surface area contributed by atoms with Crippen LogP contribution in [-0.2, 0) is 24.4 Å². The Morgan fingerprint density at radius 2 is 2.13 bits per heavy atom. The van der Waals surface area contributed by atoms with Crippen LogP contribution in [0, 0.1) is 0 Å². The molecule has 1 unspecified atom stereocenters. The minimum absolute atomic E-state index is 0.111. The number of hydrogen-bond donors (Lipinski definition) is 3. The first-order valence-corrected chi connectivity index (χ1v) is 14.0. The summed E-state index contributed by atoms with van der Waals surface area (Å²) in [7, 11) is -1.21. The molecule has 8 nitrogen and oxygen atoms in total. The molecular formula is C20H29ClN4O4Si. The van der Waals surface area contributed by atoms with Gasteiger partial charge in [-0.25, -0.2) is 4.98 Å². The van der Waals surface area contributed by atoms with Gasteiger partial charge in [0.2, 0.25) is 5.28 Å². The lowest BCUT2D eigenvalue weighted by atomic mass is 10.2. The van der Waals surface area contributed by atoms with Gasteiger partial charge in [0.15, 0.2) is 0 Å². The second kappa shape index (κ2) is 9.93. The van der Waals surface area contributed by atoms with Crippen molar-refractivity contribution >= 4 is 36.5 Å². The van der Waals surface area contributed by atoms with Gasteiger partial charge in [-0.15, -0.1) is 0 Å². The molecule has 0 radical (unpaired) electrons. The fraction of sp³-hybridized carbons (Fsp3) is 0.500. The van der Waals surface area contributed by atoms with Gasteiger partial charge in [-0.1, -0.05) is 19.6 Å². The largest absolute Gasteiger partial charge is 0.467 e. The highest BCUT2D eigenvalue weighted by Crippen LogP contribution is 2.27. The predicted octanol–water partition coefficient (Wildman–Crippen LogP) is 3.50. The number of aromatic nitrogens is 3. The van der Waals surface area contributed by atoms with Crippen molar-refractivity contribution < 1.29 is 19.4 Å². The number of furan rings is 1. The molecule has 10 heteroatoms. The zero-order valence-corrected chi connectivity index (χ0v) is 19.3. The molecule has 30 heavy (non-hydrogen) atoms. The number of rotatable bonds is 11. The minimum atomic E-state index is -1.21. The summed E-state index contributed by atoms with van der Waals surface area (Å²) >= 11 is 6.20. The first-order valence-electron chi connectivity index (χ1n) is 9.95. The Hall–Kier alpha value is -1.91. The lowest BCUT2D eigenvalue weighted by molar-refractivity contribution is 0.0777. The summed E-state index contributed by atoms with van der Waals surface area (Å²) in [5.41, 5.74) is 1.40. The molecule has 1 atom stereocenters. The maximum atomic E-state index is 10.0. The summed E-state index contributed by atoms with van der Waals surface area (Å²) in [5, 5.41) is 23.4. The molecule has 3 aromatic rings. The third-order valence-electron chi connectivity index (χ3n) is 4.69. The van der Waals surface area contributed by atoms with E-state index in [0.717, 1.165) is 22.9 Å². The Morgan fingerprint density at radius 3 is 2.80 bits per heavy atom. The topological polar surface area (TPSA) is 106 Å². The van der Waals surface area contributed by atoms with E-state index in [9.17, 15) is 10.2 Å². The van der Waals surface area contributed by atoms with Crippen LogP contribution in [0.1, 0.15) is 11.5 Å². The predicted molar refractivity (Wildman–Crippen MR) is 119 cm³/mol. The van der Waals surface area contributed by atoms with Gasteiger partial charge < -0.3 is 29.3 Å². The molecule has 0 aliphatic carbocycles. The Balaban J connectivity index is 1.89. The van der Waals surface area contributed by atoms with Crippen molar-refractivity contribution in [3.8, 4) is 0 Å². The molecule has 0 bridgehead atoms. The van der Waals surface area contributed by atoms with E-state index >= 15 is 0 Å². The monoisotopic (exact) mass is 452 g/mol. The molecule has 0 aliphatic heterocycles. The van der Waals surface area contributed by atoms with Gasteiger partial charge in [0, 0.05) is 26.8 Å². The van der Waals surface area contributed by atoms with Crippen molar-refractivity contribution in [2.24, 2.45) is 0 Å². The van der Waals surface area contributed by atoms with Crippen LogP contribution >= 0.6 is 11.6 Å². The highest BCUT2D eigenvalue weighted by Gasteiger charge is 2.19. The van der Waals surface area contributed by atoms with E-state index in [1.165, 1.54) is 0 Å². The molecule has 3 heterocycles. The standard InChI is InChI=1S/C20H29ClN4O4Si/c1-30(2,3)8-7-28-13-25-14(9-15(27)12-26)10-17-18(23-20(21)24-19(17)25)22-11-16-5-4-6-29-16/h4-6,10,15,26-27H,7-9,11-13H2,1-3H3,(H,22,23,24). The average Bonchev–Trinajstić information content (AvgIpc) is 3.30. The van der Waals surface area contributed by atoms with Crippen LogP contribution in [0.3, 0.4) is 0 Å². The fourth-order valence-electron chi connectivity index (χ4n) is 3.02. The van der Waals surface area contributed by atoms with Gasteiger partial charge >= 0.3 is 0 Å². The molecule has 0 saturated carbocycles. The number of ether oxygens (including phenoxy) is 1. The van der Waals surface area contributed by atoms with E-state index in [1.807, 2.05) is 22.8 Å². The normalized spacial score (nSPS) is 13.1. The Morgan fingerprint density at radius 1 is 1.33 bits per heavy atom. The lowest BCUT2D eigenvalue weighted by Crippen LogP contribution is -2.22. The number of anilines is 1. The Kier molecular flexibility index (Phi) is 7.53. The molecule has 0 saturated heterocycles. The Labute approximate surface area is 181 Å². The van der Waals surface area contributed by atoms with E-state index in [1.54, 1.807) is 6.26 Å². The Bertz CT molecular complexity index is 956. The van der Waals surface area contributed by atoms with E-state index in [4.69, 9.17) is 20.8 Å². The van der Waals surface area contributed by atoms with Crippen LogP contribution in [0.4, 0.5) is 5.82 Å². The van der Waals surface area contributed by atoms with Gasteiger partial charge in [0.05, 0.1) is 30.9 Å². The first kappa shape index (κ1) is 22.8. The SMILES string of the molecule is C[Si](C)(C)CCOCn1c(CC(O)CO)cc2c(NCc3ccco3)nc(Cl)nc21. The van der Waals surface area contributed by atoms with Gasteiger partial charge in [-0.05, 0) is 35.8 Å². The maximum absolute atomic E-state index is 10.0. The highest BCUT2D eigenvalue weighted by molar-refractivity contribution is 6.76. The van der Waals surface area contributed by atoms with E-state index < -0.39 is 14.2 Å². The molecule has 0 aliphatic rings. The van der Waals surface area contributed by atoms with Crippen LogP contribution in [-0.4, -0.2) is 52.1 Å².